The Balaban J connectivity index is 1.88. The van der Waals surface area contributed by atoms with Crippen molar-refractivity contribution in [3.63, 3.8) is 0 Å². The zero-order valence-corrected chi connectivity index (χ0v) is 13.4. The van der Waals surface area contributed by atoms with Crippen LogP contribution in [0.1, 0.15) is 29.2 Å². The molecule has 1 saturated heterocycles. The van der Waals surface area contributed by atoms with Gasteiger partial charge in [0, 0.05) is 13.1 Å². The summed E-state index contributed by atoms with van der Waals surface area (Å²) < 4.78 is 31.9. The van der Waals surface area contributed by atoms with Crippen molar-refractivity contribution in [1.82, 2.24) is 9.46 Å². The van der Waals surface area contributed by atoms with Crippen molar-refractivity contribution in [1.29, 1.82) is 0 Å². The van der Waals surface area contributed by atoms with Crippen LogP contribution in [0, 0.1) is 13.8 Å². The molecule has 3 rings (SSSR count). The first-order chi connectivity index (χ1) is 10.4. The summed E-state index contributed by atoms with van der Waals surface area (Å²) in [7, 11) is -3.66. The predicted octanol–water partition coefficient (Wildman–Crippen LogP) is 2.05. The van der Waals surface area contributed by atoms with Gasteiger partial charge < -0.3 is 10.3 Å². The summed E-state index contributed by atoms with van der Waals surface area (Å²) in [5.41, 5.74) is 8.05. The Kier molecular flexibility index (Phi) is 3.70. The van der Waals surface area contributed by atoms with Crippen LogP contribution in [-0.2, 0) is 10.0 Å². The van der Waals surface area contributed by atoms with Crippen LogP contribution in [0.15, 0.2) is 33.7 Å². The summed E-state index contributed by atoms with van der Waals surface area (Å²) in [4.78, 5) is -0.00191. The summed E-state index contributed by atoms with van der Waals surface area (Å²) in [5.74, 6) is 0.367. The third-order valence-corrected chi connectivity index (χ3v) is 6.23. The summed E-state index contributed by atoms with van der Waals surface area (Å²) in [6.07, 6.45) is 0.800. The van der Waals surface area contributed by atoms with E-state index >= 15 is 0 Å². The second-order valence-corrected chi connectivity index (χ2v) is 7.53. The number of nitrogens with zero attached hydrogens (tertiary/aromatic N) is 2. The fourth-order valence-electron chi connectivity index (χ4n) is 3.07. The van der Waals surface area contributed by atoms with E-state index in [2.05, 4.69) is 24.2 Å². The van der Waals surface area contributed by atoms with Gasteiger partial charge in [-0.15, -0.1) is 0 Å². The highest BCUT2D eigenvalue weighted by molar-refractivity contribution is 7.89. The molecule has 1 aliphatic rings. The van der Waals surface area contributed by atoms with Crippen molar-refractivity contribution < 1.29 is 12.9 Å². The first kappa shape index (κ1) is 15.1. The Morgan fingerprint density at radius 1 is 1.32 bits per heavy atom. The average molecular weight is 321 g/mol. The van der Waals surface area contributed by atoms with Crippen molar-refractivity contribution in [2.24, 2.45) is 0 Å². The molecule has 0 aliphatic carbocycles. The SMILES string of the molecule is Cc1ccccc1[C@H]1CCN(S(=O)(=O)c2c(N)noc2C)C1. The number of benzene rings is 1. The number of aryl methyl sites for hydroxylation is 2. The molecule has 0 saturated carbocycles. The van der Waals surface area contributed by atoms with Crippen LogP contribution in [0.3, 0.4) is 0 Å². The van der Waals surface area contributed by atoms with Gasteiger partial charge in [-0.1, -0.05) is 29.4 Å². The number of aromatic nitrogens is 1. The van der Waals surface area contributed by atoms with Gasteiger partial charge in [-0.25, -0.2) is 8.42 Å². The maximum Gasteiger partial charge on any atom is 0.250 e. The molecule has 0 amide bonds. The topological polar surface area (TPSA) is 89.4 Å². The Labute approximate surface area is 129 Å². The van der Waals surface area contributed by atoms with Crippen LogP contribution >= 0.6 is 0 Å². The van der Waals surface area contributed by atoms with Gasteiger partial charge in [-0.3, -0.25) is 0 Å². The lowest BCUT2D eigenvalue weighted by molar-refractivity contribution is 0.395. The van der Waals surface area contributed by atoms with Gasteiger partial charge in [0.05, 0.1) is 0 Å². The highest BCUT2D eigenvalue weighted by atomic mass is 32.2. The molecule has 1 aliphatic heterocycles. The number of rotatable bonds is 3. The van der Waals surface area contributed by atoms with Crippen LogP contribution in [0.5, 0.6) is 0 Å². The molecule has 0 radical (unpaired) electrons. The zero-order valence-electron chi connectivity index (χ0n) is 12.6. The lowest BCUT2D eigenvalue weighted by atomic mass is 9.94. The number of nitrogen functional groups attached to an aromatic ring is 1. The van der Waals surface area contributed by atoms with Crippen LogP contribution < -0.4 is 5.73 Å². The van der Waals surface area contributed by atoms with Crippen LogP contribution in [0.25, 0.3) is 0 Å². The molecule has 118 valence electrons. The molecule has 2 heterocycles. The Morgan fingerprint density at radius 3 is 2.68 bits per heavy atom. The van der Waals surface area contributed by atoms with Crippen LogP contribution in [0.2, 0.25) is 0 Å². The van der Waals surface area contributed by atoms with Crippen molar-refractivity contribution in [3.05, 3.63) is 41.2 Å². The third-order valence-electron chi connectivity index (χ3n) is 4.21. The van der Waals surface area contributed by atoms with E-state index in [1.807, 2.05) is 12.1 Å². The molecule has 7 heteroatoms. The number of anilines is 1. The molecule has 2 N–H and O–H groups in total. The van der Waals surface area contributed by atoms with Crippen LogP contribution in [0.4, 0.5) is 5.82 Å². The van der Waals surface area contributed by atoms with Gasteiger partial charge in [-0.2, -0.15) is 4.31 Å². The molecule has 0 bridgehead atoms. The Morgan fingerprint density at radius 2 is 2.05 bits per heavy atom. The van der Waals surface area contributed by atoms with Gasteiger partial charge in [0.25, 0.3) is 0 Å². The van der Waals surface area contributed by atoms with Crippen molar-refractivity contribution in [3.8, 4) is 0 Å². The number of sulfonamides is 1. The molecule has 1 atom stereocenters. The minimum absolute atomic E-state index is 0.00191. The Bertz CT molecular complexity index is 779. The zero-order chi connectivity index (χ0) is 15.9. The fourth-order valence-corrected chi connectivity index (χ4v) is 4.75. The summed E-state index contributed by atoms with van der Waals surface area (Å²) in [6, 6.07) is 8.09. The third kappa shape index (κ3) is 2.40. The monoisotopic (exact) mass is 321 g/mol. The van der Waals surface area contributed by atoms with E-state index < -0.39 is 10.0 Å². The second kappa shape index (κ2) is 5.40. The van der Waals surface area contributed by atoms with Crippen molar-refractivity contribution in [2.75, 3.05) is 18.8 Å². The quantitative estimate of drug-likeness (QED) is 0.934. The molecule has 1 aromatic heterocycles. The van der Waals surface area contributed by atoms with E-state index in [0.29, 0.717) is 13.1 Å². The maximum absolute atomic E-state index is 12.7. The molecule has 0 spiro atoms. The summed E-state index contributed by atoms with van der Waals surface area (Å²) >= 11 is 0. The molecular weight excluding hydrogens is 302 g/mol. The van der Waals surface area contributed by atoms with Gasteiger partial charge >= 0.3 is 0 Å². The van der Waals surface area contributed by atoms with E-state index in [1.54, 1.807) is 6.92 Å². The maximum atomic E-state index is 12.7. The van der Waals surface area contributed by atoms with Crippen molar-refractivity contribution >= 4 is 15.8 Å². The van der Waals surface area contributed by atoms with E-state index in [1.165, 1.54) is 15.4 Å². The first-order valence-electron chi connectivity index (χ1n) is 7.18. The van der Waals surface area contributed by atoms with Gasteiger partial charge in [0.1, 0.15) is 0 Å². The molecule has 0 unspecified atom stereocenters. The molecule has 1 aromatic carbocycles. The first-order valence-corrected chi connectivity index (χ1v) is 8.62. The lowest BCUT2D eigenvalue weighted by Gasteiger charge is -2.17. The van der Waals surface area contributed by atoms with Gasteiger partial charge in [0.15, 0.2) is 16.5 Å². The molecule has 1 fully saturated rings. The fraction of sp³-hybridized carbons (Fsp3) is 0.400. The molecule has 6 nitrogen and oxygen atoms in total. The Hall–Kier alpha value is -1.86. The molecule has 2 aromatic rings. The van der Waals surface area contributed by atoms with E-state index in [4.69, 9.17) is 10.3 Å². The van der Waals surface area contributed by atoms with Crippen molar-refractivity contribution in [2.45, 2.75) is 31.1 Å². The lowest BCUT2D eigenvalue weighted by Crippen LogP contribution is -2.29. The van der Waals surface area contributed by atoms with E-state index in [0.717, 1.165) is 6.42 Å². The highest BCUT2D eigenvalue weighted by Gasteiger charge is 2.37. The van der Waals surface area contributed by atoms with E-state index in [-0.39, 0.29) is 22.4 Å². The smallest absolute Gasteiger partial charge is 0.250 e. The molecular formula is C15H19N3O3S. The minimum atomic E-state index is -3.66. The predicted molar refractivity (Wildman–Crippen MR) is 82.9 cm³/mol. The number of nitrogens with two attached hydrogens (primary N) is 1. The normalized spacial score (nSPS) is 19.6. The highest BCUT2D eigenvalue weighted by Crippen LogP contribution is 2.34. The van der Waals surface area contributed by atoms with Gasteiger partial charge in [0.2, 0.25) is 10.0 Å². The van der Waals surface area contributed by atoms with Crippen LogP contribution in [-0.4, -0.2) is 31.0 Å². The summed E-state index contributed by atoms with van der Waals surface area (Å²) in [6.45, 7) is 4.54. The second-order valence-electron chi connectivity index (χ2n) is 5.66. The average Bonchev–Trinajstić information content (AvgIpc) is 3.07. The number of hydrogen-bond acceptors (Lipinski definition) is 5. The largest absolute Gasteiger partial charge is 0.380 e. The number of hydrogen-bond donors (Lipinski definition) is 1. The standard InChI is InChI=1S/C15H19N3O3S/c1-10-5-3-4-6-13(10)12-7-8-18(9-12)22(19,20)14-11(2)21-17-15(14)16/h3-6,12H,7-9H2,1-2H3,(H2,16,17)/t12-/m0/s1. The minimum Gasteiger partial charge on any atom is -0.380 e. The van der Waals surface area contributed by atoms with E-state index in [9.17, 15) is 8.42 Å². The molecule has 22 heavy (non-hydrogen) atoms. The summed E-state index contributed by atoms with van der Waals surface area (Å²) in [5, 5.41) is 3.54. The van der Waals surface area contributed by atoms with Gasteiger partial charge in [-0.05, 0) is 37.3 Å².